The first-order valence-corrected chi connectivity index (χ1v) is 14.9. The van der Waals surface area contributed by atoms with Gasteiger partial charge in [0.2, 0.25) is 11.4 Å². The van der Waals surface area contributed by atoms with Gasteiger partial charge in [-0.05, 0) is 12.8 Å². The molecule has 2 aliphatic rings. The lowest BCUT2D eigenvalue weighted by Gasteiger charge is -2.55. The lowest BCUT2D eigenvalue weighted by Crippen LogP contribution is -2.81. The predicted octanol–water partition coefficient (Wildman–Crippen LogP) is -0.796. The van der Waals surface area contributed by atoms with Crippen LogP contribution >= 0.6 is 0 Å². The largest absolute Gasteiger partial charge is 0.394 e. The Labute approximate surface area is 241 Å². The van der Waals surface area contributed by atoms with Gasteiger partial charge in [0.15, 0.2) is 11.6 Å². The van der Waals surface area contributed by atoms with Gasteiger partial charge in [-0.3, -0.25) is 9.59 Å². The van der Waals surface area contributed by atoms with Crippen LogP contribution in [0, 0.1) is 0 Å². The van der Waals surface area contributed by atoms with Crippen LogP contribution in [0.15, 0.2) is 0 Å². The summed E-state index contributed by atoms with van der Waals surface area (Å²) in [6, 6.07) is 0. The van der Waals surface area contributed by atoms with Crippen molar-refractivity contribution in [2.45, 2.75) is 145 Å². The van der Waals surface area contributed by atoms with Gasteiger partial charge in [0.05, 0.1) is 13.2 Å². The number of ketones is 2. The molecule has 0 aromatic carbocycles. The fraction of sp³-hybridized carbons (Fsp3) is 0.929. The standard InChI is InChI=1S/C28H50O13/c1-3-5-7-9-11-13-20(32)27(38)25(37)23(35)19(16-30)40-28(27,21(33)14-12-10-8-6-4-2)41-26(17-31)24(36)22(34)18(15-29)39-26/h18-19,22-25,29-31,34-38H,3-17H2,1-2H3/t18-,19-,22-,23-,24+,25+,26?,27-,28+/m1/s1. The van der Waals surface area contributed by atoms with Gasteiger partial charge < -0.3 is 55.1 Å². The van der Waals surface area contributed by atoms with Gasteiger partial charge in [-0.25, -0.2) is 0 Å². The minimum absolute atomic E-state index is 0.258. The Morgan fingerprint density at radius 2 is 1.15 bits per heavy atom. The minimum Gasteiger partial charge on any atom is -0.394 e. The van der Waals surface area contributed by atoms with E-state index >= 15 is 0 Å². The van der Waals surface area contributed by atoms with E-state index in [1.807, 2.05) is 13.8 Å². The number of carbonyl (C=O) groups is 2. The maximum Gasteiger partial charge on any atom is 0.271 e. The van der Waals surface area contributed by atoms with Crippen LogP contribution in [-0.4, -0.2) is 126 Å². The summed E-state index contributed by atoms with van der Waals surface area (Å²) >= 11 is 0. The molecule has 0 aromatic rings. The lowest BCUT2D eigenvalue weighted by atomic mass is 9.72. The first-order chi connectivity index (χ1) is 19.5. The second kappa shape index (κ2) is 16.1. The smallest absolute Gasteiger partial charge is 0.271 e. The van der Waals surface area contributed by atoms with E-state index in [0.29, 0.717) is 12.8 Å². The molecule has 0 saturated carbocycles. The lowest BCUT2D eigenvalue weighted by molar-refractivity contribution is -0.431. The predicted molar refractivity (Wildman–Crippen MR) is 143 cm³/mol. The van der Waals surface area contributed by atoms with Crippen molar-refractivity contribution >= 4 is 11.6 Å². The summed E-state index contributed by atoms with van der Waals surface area (Å²) in [5, 5.41) is 84.9. The summed E-state index contributed by atoms with van der Waals surface area (Å²) in [7, 11) is 0. The van der Waals surface area contributed by atoms with Crippen LogP contribution < -0.4 is 0 Å². The average Bonchev–Trinajstić information content (AvgIpc) is 3.21. The molecule has 0 bridgehead atoms. The van der Waals surface area contributed by atoms with Crippen LogP contribution in [0.3, 0.4) is 0 Å². The third-order valence-corrected chi connectivity index (χ3v) is 8.16. The molecule has 1 unspecified atom stereocenters. The van der Waals surface area contributed by atoms with E-state index in [-0.39, 0.29) is 25.7 Å². The molecule has 2 saturated heterocycles. The molecule has 0 radical (unpaired) electrons. The number of Topliss-reactive ketones (excluding diaryl/α,β-unsaturated/α-hetero) is 2. The molecule has 2 heterocycles. The van der Waals surface area contributed by atoms with Gasteiger partial charge in [-0.2, -0.15) is 0 Å². The maximum atomic E-state index is 14.0. The SMILES string of the molecule is CCCCCCCC(=O)[C@@]1(OC2(CO)O[C@H](CO)[C@@H](O)[C@@H]2O)O[C@H](CO)[C@@H](O)[C@H](O)[C@]1(O)C(=O)CCCCCCC. The van der Waals surface area contributed by atoms with Gasteiger partial charge in [-0.15, -0.1) is 0 Å². The zero-order valence-corrected chi connectivity index (χ0v) is 24.2. The zero-order chi connectivity index (χ0) is 30.8. The fourth-order valence-electron chi connectivity index (χ4n) is 5.58. The summed E-state index contributed by atoms with van der Waals surface area (Å²) in [6.45, 7) is 0.988. The molecule has 13 heteroatoms. The molecule has 2 rings (SSSR count). The summed E-state index contributed by atoms with van der Waals surface area (Å²) in [5.74, 6) is -8.05. The van der Waals surface area contributed by atoms with Crippen molar-refractivity contribution in [3.8, 4) is 0 Å². The van der Waals surface area contributed by atoms with Crippen molar-refractivity contribution in [2.75, 3.05) is 19.8 Å². The second-order valence-electron chi connectivity index (χ2n) is 11.2. The van der Waals surface area contributed by atoms with Crippen molar-refractivity contribution in [2.24, 2.45) is 0 Å². The highest BCUT2D eigenvalue weighted by Gasteiger charge is 2.74. The normalized spacial score (nSPS) is 37.4. The van der Waals surface area contributed by atoms with Crippen molar-refractivity contribution in [3.05, 3.63) is 0 Å². The van der Waals surface area contributed by atoms with Gasteiger partial charge in [0.1, 0.15) is 43.2 Å². The molecule has 2 aliphatic heterocycles. The number of rotatable bonds is 19. The number of unbranched alkanes of at least 4 members (excludes halogenated alkanes) is 8. The third kappa shape index (κ3) is 7.35. The molecule has 41 heavy (non-hydrogen) atoms. The maximum absolute atomic E-state index is 14.0. The molecule has 0 aromatic heterocycles. The van der Waals surface area contributed by atoms with E-state index in [0.717, 1.165) is 38.5 Å². The number of hydrogen-bond donors (Lipinski definition) is 8. The Balaban J connectivity index is 2.62. The van der Waals surface area contributed by atoms with Crippen molar-refractivity contribution in [1.29, 1.82) is 0 Å². The van der Waals surface area contributed by atoms with E-state index in [1.54, 1.807) is 0 Å². The number of aliphatic hydroxyl groups excluding tert-OH is 7. The highest BCUT2D eigenvalue weighted by molar-refractivity contribution is 5.99. The van der Waals surface area contributed by atoms with Gasteiger partial charge in [0, 0.05) is 12.8 Å². The number of hydrogen-bond acceptors (Lipinski definition) is 13. The average molecular weight is 595 g/mol. The molecule has 2 fully saturated rings. The third-order valence-electron chi connectivity index (χ3n) is 8.16. The Kier molecular flexibility index (Phi) is 14.2. The van der Waals surface area contributed by atoms with Crippen molar-refractivity contribution < 1.29 is 64.7 Å². The molecule has 0 spiro atoms. The molecular weight excluding hydrogens is 544 g/mol. The monoisotopic (exact) mass is 594 g/mol. The Morgan fingerprint density at radius 3 is 1.61 bits per heavy atom. The Morgan fingerprint density at radius 1 is 0.683 bits per heavy atom. The van der Waals surface area contributed by atoms with Crippen molar-refractivity contribution in [1.82, 2.24) is 0 Å². The van der Waals surface area contributed by atoms with Crippen molar-refractivity contribution in [3.63, 3.8) is 0 Å². The van der Waals surface area contributed by atoms with Gasteiger partial charge >= 0.3 is 0 Å². The Bertz CT molecular complexity index is 827. The van der Waals surface area contributed by atoms with E-state index in [9.17, 15) is 50.4 Å². The van der Waals surface area contributed by atoms with E-state index < -0.39 is 85.2 Å². The zero-order valence-electron chi connectivity index (χ0n) is 24.2. The van der Waals surface area contributed by atoms with Crippen LogP contribution in [0.1, 0.15) is 90.9 Å². The van der Waals surface area contributed by atoms with Crippen LogP contribution in [0.4, 0.5) is 0 Å². The van der Waals surface area contributed by atoms with Crippen LogP contribution in [0.2, 0.25) is 0 Å². The summed E-state index contributed by atoms with van der Waals surface area (Å²) in [6.07, 6.45) is -5.29. The van der Waals surface area contributed by atoms with Crippen LogP contribution in [0.25, 0.3) is 0 Å². The molecular formula is C28H50O13. The summed E-state index contributed by atoms with van der Waals surface area (Å²) in [5.41, 5.74) is -3.27. The topological polar surface area (TPSA) is 224 Å². The van der Waals surface area contributed by atoms with Crippen LogP contribution in [-0.2, 0) is 23.8 Å². The van der Waals surface area contributed by atoms with Gasteiger partial charge in [0.25, 0.3) is 5.79 Å². The molecule has 8 N–H and O–H groups in total. The summed E-state index contributed by atoms with van der Waals surface area (Å²) in [4.78, 5) is 27.7. The highest BCUT2D eigenvalue weighted by Crippen LogP contribution is 2.47. The Hall–Kier alpha value is -1.10. The van der Waals surface area contributed by atoms with Gasteiger partial charge in [-0.1, -0.05) is 65.2 Å². The van der Waals surface area contributed by atoms with Crippen LogP contribution in [0.5, 0.6) is 0 Å². The first kappa shape index (κ1) is 36.1. The van der Waals surface area contributed by atoms with E-state index in [4.69, 9.17) is 14.2 Å². The molecule has 0 amide bonds. The first-order valence-electron chi connectivity index (χ1n) is 14.9. The summed E-state index contributed by atoms with van der Waals surface area (Å²) < 4.78 is 17.0. The van der Waals surface area contributed by atoms with E-state index in [2.05, 4.69) is 0 Å². The second-order valence-corrected chi connectivity index (χ2v) is 11.2. The number of aliphatic hydroxyl groups is 8. The molecule has 9 atom stereocenters. The molecule has 0 aliphatic carbocycles. The molecule has 13 nitrogen and oxygen atoms in total. The number of ether oxygens (including phenoxy) is 3. The quantitative estimate of drug-likeness (QED) is 0.0859. The number of carbonyl (C=O) groups excluding carboxylic acids is 2. The fourth-order valence-corrected chi connectivity index (χ4v) is 5.58. The highest BCUT2D eigenvalue weighted by atomic mass is 16.8. The minimum atomic E-state index is -3.27. The van der Waals surface area contributed by atoms with E-state index in [1.165, 1.54) is 0 Å². The molecule has 240 valence electrons.